The molecule has 0 saturated heterocycles. The SMILES string of the molecule is CC1=CC(=O)C=C(CC/C(C)=C\CCCC[C@@H](C)CCC[C@H](C)CCCC(C)C)C1=O. The molecule has 0 aromatic heterocycles. The van der Waals surface area contributed by atoms with Crippen LogP contribution in [-0.4, -0.2) is 11.6 Å². The van der Waals surface area contributed by atoms with Crippen molar-refractivity contribution in [3.05, 3.63) is 34.9 Å². The van der Waals surface area contributed by atoms with Crippen molar-refractivity contribution in [2.75, 3.05) is 0 Å². The summed E-state index contributed by atoms with van der Waals surface area (Å²) in [5, 5.41) is 0. The molecule has 31 heavy (non-hydrogen) atoms. The first-order valence-corrected chi connectivity index (χ1v) is 12.8. The lowest BCUT2D eigenvalue weighted by Gasteiger charge is -2.15. The monoisotopic (exact) mass is 428 g/mol. The Morgan fingerprint density at radius 3 is 2.03 bits per heavy atom. The molecule has 0 spiro atoms. The van der Waals surface area contributed by atoms with Gasteiger partial charge in [0, 0.05) is 11.1 Å². The summed E-state index contributed by atoms with van der Waals surface area (Å²) in [7, 11) is 0. The largest absolute Gasteiger partial charge is 0.290 e. The molecule has 1 rings (SSSR count). The number of ketones is 2. The van der Waals surface area contributed by atoms with Crippen molar-refractivity contribution in [3.8, 4) is 0 Å². The zero-order valence-electron chi connectivity index (χ0n) is 21.3. The van der Waals surface area contributed by atoms with Gasteiger partial charge in [-0.25, -0.2) is 0 Å². The van der Waals surface area contributed by atoms with E-state index in [-0.39, 0.29) is 11.6 Å². The van der Waals surface area contributed by atoms with Crippen molar-refractivity contribution in [2.24, 2.45) is 17.8 Å². The topological polar surface area (TPSA) is 34.1 Å². The van der Waals surface area contributed by atoms with Crippen LogP contribution in [0.2, 0.25) is 0 Å². The Balaban J connectivity index is 2.10. The zero-order valence-corrected chi connectivity index (χ0v) is 21.3. The van der Waals surface area contributed by atoms with Crippen LogP contribution in [-0.2, 0) is 9.59 Å². The first-order valence-electron chi connectivity index (χ1n) is 12.8. The molecule has 176 valence electrons. The van der Waals surface area contributed by atoms with Crippen molar-refractivity contribution in [1.29, 1.82) is 0 Å². The molecule has 1 aliphatic carbocycles. The maximum Gasteiger partial charge on any atom is 0.184 e. The predicted molar refractivity (Wildman–Crippen MR) is 134 cm³/mol. The number of carbonyl (C=O) groups is 2. The van der Waals surface area contributed by atoms with E-state index in [1.807, 2.05) is 0 Å². The Morgan fingerprint density at radius 2 is 1.42 bits per heavy atom. The average molecular weight is 429 g/mol. The van der Waals surface area contributed by atoms with Gasteiger partial charge in [0.25, 0.3) is 0 Å². The molecule has 0 unspecified atom stereocenters. The van der Waals surface area contributed by atoms with Crippen molar-refractivity contribution in [3.63, 3.8) is 0 Å². The van der Waals surface area contributed by atoms with E-state index in [4.69, 9.17) is 0 Å². The smallest absolute Gasteiger partial charge is 0.184 e. The lowest BCUT2D eigenvalue weighted by molar-refractivity contribution is -0.115. The third-order valence-electron chi connectivity index (χ3n) is 6.63. The highest BCUT2D eigenvalue weighted by molar-refractivity contribution is 6.19. The van der Waals surface area contributed by atoms with Crippen LogP contribution in [0.1, 0.15) is 119 Å². The minimum atomic E-state index is -0.0524. The maximum absolute atomic E-state index is 12.1. The van der Waals surface area contributed by atoms with Gasteiger partial charge in [-0.1, -0.05) is 90.7 Å². The van der Waals surface area contributed by atoms with Crippen molar-refractivity contribution in [2.45, 2.75) is 119 Å². The summed E-state index contributed by atoms with van der Waals surface area (Å²) in [4.78, 5) is 23.7. The second-order valence-corrected chi connectivity index (χ2v) is 10.5. The fourth-order valence-electron chi connectivity index (χ4n) is 4.39. The quantitative estimate of drug-likeness (QED) is 0.140. The molecular weight excluding hydrogens is 380 g/mol. The van der Waals surface area contributed by atoms with Gasteiger partial charge >= 0.3 is 0 Å². The highest BCUT2D eigenvalue weighted by Crippen LogP contribution is 2.22. The Morgan fingerprint density at radius 1 is 0.839 bits per heavy atom. The second-order valence-electron chi connectivity index (χ2n) is 10.5. The first-order chi connectivity index (χ1) is 14.7. The van der Waals surface area contributed by atoms with E-state index in [0.717, 1.165) is 30.6 Å². The van der Waals surface area contributed by atoms with Gasteiger partial charge < -0.3 is 0 Å². The number of carbonyl (C=O) groups excluding carboxylic acids is 2. The number of rotatable bonds is 16. The van der Waals surface area contributed by atoms with E-state index >= 15 is 0 Å². The Labute approximate surface area is 192 Å². The summed E-state index contributed by atoms with van der Waals surface area (Å²) in [6.45, 7) is 13.4. The fraction of sp³-hybridized carbons (Fsp3) is 0.724. The molecule has 0 bridgehead atoms. The van der Waals surface area contributed by atoms with Gasteiger partial charge in [-0.2, -0.15) is 0 Å². The van der Waals surface area contributed by atoms with E-state index < -0.39 is 0 Å². The van der Waals surface area contributed by atoms with Gasteiger partial charge in [-0.15, -0.1) is 0 Å². The number of unbranched alkanes of at least 4 members (excludes halogenated alkanes) is 2. The maximum atomic E-state index is 12.1. The molecule has 1 aliphatic rings. The average Bonchev–Trinajstić information content (AvgIpc) is 2.69. The molecule has 0 aromatic carbocycles. The molecule has 0 aliphatic heterocycles. The lowest BCUT2D eigenvalue weighted by atomic mass is 9.91. The van der Waals surface area contributed by atoms with Crippen LogP contribution in [0.25, 0.3) is 0 Å². The van der Waals surface area contributed by atoms with Crippen LogP contribution in [0.5, 0.6) is 0 Å². The van der Waals surface area contributed by atoms with Crippen molar-refractivity contribution >= 4 is 11.6 Å². The number of allylic oxidation sites excluding steroid dienone is 6. The molecule has 0 amide bonds. The molecular formula is C29H48O2. The molecule has 0 aromatic rings. The normalized spacial score (nSPS) is 17.1. The molecule has 0 N–H and O–H groups in total. The number of hydrogen-bond acceptors (Lipinski definition) is 2. The third kappa shape index (κ3) is 12.9. The van der Waals surface area contributed by atoms with Crippen molar-refractivity contribution in [1.82, 2.24) is 0 Å². The van der Waals surface area contributed by atoms with Crippen LogP contribution in [0.15, 0.2) is 34.9 Å². The second kappa shape index (κ2) is 15.4. The highest BCUT2D eigenvalue weighted by Gasteiger charge is 2.18. The minimum Gasteiger partial charge on any atom is -0.290 e. The molecule has 0 saturated carbocycles. The van der Waals surface area contributed by atoms with E-state index in [2.05, 4.69) is 40.7 Å². The van der Waals surface area contributed by atoms with Gasteiger partial charge in [0.2, 0.25) is 0 Å². The van der Waals surface area contributed by atoms with Crippen LogP contribution in [0, 0.1) is 17.8 Å². The molecule has 0 fully saturated rings. The van der Waals surface area contributed by atoms with Gasteiger partial charge in [0.05, 0.1) is 0 Å². The van der Waals surface area contributed by atoms with E-state index in [1.54, 1.807) is 6.92 Å². The van der Waals surface area contributed by atoms with Crippen LogP contribution in [0.3, 0.4) is 0 Å². The Kier molecular flexibility index (Phi) is 13.7. The van der Waals surface area contributed by atoms with Crippen LogP contribution in [0.4, 0.5) is 0 Å². The zero-order chi connectivity index (χ0) is 23.2. The van der Waals surface area contributed by atoms with Gasteiger partial charge in [-0.05, 0) is 69.4 Å². The summed E-state index contributed by atoms with van der Waals surface area (Å²) < 4.78 is 0. The summed E-state index contributed by atoms with van der Waals surface area (Å²) in [5.74, 6) is 2.55. The van der Waals surface area contributed by atoms with Gasteiger partial charge in [-0.3, -0.25) is 9.59 Å². The molecule has 2 nitrogen and oxygen atoms in total. The standard InChI is InChI=1S/C29H48O2/c1-22(2)12-10-15-24(4)17-11-16-23(3)13-8-7-9-14-25(5)18-19-27-21-28(30)20-26(6)29(27)31/h14,20-24H,7-13,15-19H2,1-6H3/b25-14-/t23-,24-/m1/s1. The molecule has 0 radical (unpaired) electrons. The summed E-state index contributed by atoms with van der Waals surface area (Å²) in [5.41, 5.74) is 2.56. The van der Waals surface area contributed by atoms with Crippen LogP contribution < -0.4 is 0 Å². The lowest BCUT2D eigenvalue weighted by Crippen LogP contribution is -2.12. The molecule has 0 heterocycles. The van der Waals surface area contributed by atoms with E-state index in [1.165, 1.54) is 75.5 Å². The molecule has 2 atom stereocenters. The summed E-state index contributed by atoms with van der Waals surface area (Å²) in [6, 6.07) is 0. The summed E-state index contributed by atoms with van der Waals surface area (Å²) in [6.07, 6.45) is 20.1. The van der Waals surface area contributed by atoms with E-state index in [9.17, 15) is 9.59 Å². The number of Topliss-reactive ketones (excluding diaryl/α,β-unsaturated/α-hetero) is 1. The predicted octanol–water partition coefficient (Wildman–Crippen LogP) is 8.57. The summed E-state index contributed by atoms with van der Waals surface area (Å²) >= 11 is 0. The van der Waals surface area contributed by atoms with Gasteiger partial charge in [0.1, 0.15) is 0 Å². The third-order valence-corrected chi connectivity index (χ3v) is 6.63. The molecule has 2 heteroatoms. The minimum absolute atomic E-state index is 0.0336. The Hall–Kier alpha value is -1.44. The van der Waals surface area contributed by atoms with E-state index in [0.29, 0.717) is 17.6 Å². The first kappa shape index (κ1) is 27.6. The fourth-order valence-corrected chi connectivity index (χ4v) is 4.39. The Bertz CT molecular complexity index is 648. The highest BCUT2D eigenvalue weighted by atomic mass is 16.1. The van der Waals surface area contributed by atoms with Crippen molar-refractivity contribution < 1.29 is 9.59 Å². The van der Waals surface area contributed by atoms with Crippen LogP contribution >= 0.6 is 0 Å². The van der Waals surface area contributed by atoms with Gasteiger partial charge in [0.15, 0.2) is 11.6 Å². The number of hydrogen-bond donors (Lipinski definition) is 0.